The Morgan fingerprint density at radius 1 is 0.385 bits per heavy atom. The summed E-state index contributed by atoms with van der Waals surface area (Å²) >= 11 is 1.77. The monoisotopic (exact) mass is 846 g/mol. The highest BCUT2D eigenvalue weighted by Gasteiger charge is 2.33. The van der Waals surface area contributed by atoms with Gasteiger partial charge >= 0.3 is 0 Å². The molecular weight excluding hydrogens is 812 g/mol. The van der Waals surface area contributed by atoms with Gasteiger partial charge in [0, 0.05) is 42.6 Å². The van der Waals surface area contributed by atoms with Crippen LogP contribution in [-0.4, -0.2) is 30.8 Å². The number of fused-ring (bicyclic) bond motifs is 11. The summed E-state index contributed by atoms with van der Waals surface area (Å²) in [6, 6.07) is 76.3. The van der Waals surface area contributed by atoms with E-state index < -0.39 is 0 Å². The summed E-state index contributed by atoms with van der Waals surface area (Å²) in [4.78, 5) is 20.5. The Morgan fingerprint density at radius 2 is 0.923 bits per heavy atom. The molecule has 2 aliphatic heterocycles. The molecule has 5 heterocycles. The van der Waals surface area contributed by atoms with Crippen molar-refractivity contribution < 1.29 is 0 Å². The molecule has 0 N–H and O–H groups in total. The lowest BCUT2D eigenvalue weighted by Gasteiger charge is -2.31. The summed E-state index contributed by atoms with van der Waals surface area (Å²) in [5.41, 5.74) is 15.1. The molecule has 0 fully saturated rings. The maximum Gasteiger partial charge on any atom is 0.242 e. The van der Waals surface area contributed by atoms with Crippen LogP contribution in [0.15, 0.2) is 222 Å². The van der Waals surface area contributed by atoms with E-state index in [2.05, 4.69) is 208 Å². The number of hydrogen-bond acceptors (Lipinski definition) is 5. The van der Waals surface area contributed by atoms with Gasteiger partial charge in [0.2, 0.25) is 18.6 Å². The van der Waals surface area contributed by atoms with E-state index in [9.17, 15) is 0 Å². The lowest BCUT2D eigenvalue weighted by atomic mass is 9.39. The maximum atomic E-state index is 5.45. The van der Waals surface area contributed by atoms with E-state index in [-0.39, 0.29) is 6.71 Å². The van der Waals surface area contributed by atoms with E-state index in [1.807, 2.05) is 18.2 Å². The van der Waals surface area contributed by atoms with Gasteiger partial charge in [-0.2, -0.15) is 15.0 Å². The number of aromatic nitrogens is 5. The molecule has 3 aromatic heterocycles. The van der Waals surface area contributed by atoms with Gasteiger partial charge in [-0.05, 0) is 71.8 Å². The smallest absolute Gasteiger partial charge is 0.242 e. The molecule has 14 rings (SSSR count). The van der Waals surface area contributed by atoms with Gasteiger partial charge < -0.3 is 4.57 Å². The number of benzene rings is 9. The van der Waals surface area contributed by atoms with Crippen molar-refractivity contribution in [1.82, 2.24) is 24.1 Å². The van der Waals surface area contributed by atoms with Crippen molar-refractivity contribution in [2.45, 2.75) is 9.79 Å². The topological polar surface area (TPSA) is 51.8 Å². The summed E-state index contributed by atoms with van der Waals surface area (Å²) in [5.74, 6) is 1.72. The number of para-hydroxylation sites is 4. The molecule has 302 valence electrons. The lowest BCUT2D eigenvalue weighted by molar-refractivity contribution is 0.926. The van der Waals surface area contributed by atoms with E-state index in [1.54, 1.807) is 11.8 Å². The van der Waals surface area contributed by atoms with Crippen LogP contribution in [0.3, 0.4) is 0 Å². The largest absolute Gasteiger partial charge is 0.309 e. The molecule has 12 aromatic rings. The first-order valence-electron chi connectivity index (χ1n) is 22.0. The molecule has 0 radical (unpaired) electrons. The Bertz CT molecular complexity index is 3820. The predicted molar refractivity (Wildman–Crippen MR) is 269 cm³/mol. The zero-order chi connectivity index (χ0) is 42.6. The SMILES string of the molecule is c1ccc(-c2nc(N3c4ccccc4Sc4ccccc43)nc(-n3c4ccccc4c4cc5c(cc43)c3ccccc3n5-c3cccc(B4c5ccccc5-c5ccccc54)c3)n2)cc1. The molecule has 9 aromatic carbocycles. The summed E-state index contributed by atoms with van der Waals surface area (Å²) in [5, 5.41) is 4.60. The summed E-state index contributed by atoms with van der Waals surface area (Å²) < 4.78 is 4.68. The third kappa shape index (κ3) is 5.47. The van der Waals surface area contributed by atoms with Gasteiger partial charge in [-0.15, -0.1) is 0 Å². The van der Waals surface area contributed by atoms with Crippen LogP contribution in [0.25, 0.3) is 77.8 Å². The maximum absolute atomic E-state index is 5.45. The minimum atomic E-state index is 0.150. The van der Waals surface area contributed by atoms with Gasteiger partial charge in [0.15, 0.2) is 5.82 Å². The van der Waals surface area contributed by atoms with Gasteiger partial charge in [0.1, 0.15) is 0 Å². The first-order valence-corrected chi connectivity index (χ1v) is 22.8. The van der Waals surface area contributed by atoms with E-state index in [0.717, 1.165) is 70.6 Å². The van der Waals surface area contributed by atoms with E-state index >= 15 is 0 Å². The van der Waals surface area contributed by atoms with Crippen LogP contribution >= 0.6 is 11.8 Å². The van der Waals surface area contributed by atoms with E-state index in [0.29, 0.717) is 17.7 Å². The fraction of sp³-hybridized carbons (Fsp3) is 0. The number of hydrogen-bond donors (Lipinski definition) is 0. The van der Waals surface area contributed by atoms with Crippen molar-refractivity contribution in [3.05, 3.63) is 212 Å². The summed E-state index contributed by atoms with van der Waals surface area (Å²) in [7, 11) is 0. The average molecular weight is 847 g/mol. The minimum absolute atomic E-state index is 0.150. The molecule has 0 saturated heterocycles. The quantitative estimate of drug-likeness (QED) is 0.162. The number of rotatable bonds is 5. The van der Waals surface area contributed by atoms with Crippen molar-refractivity contribution in [3.63, 3.8) is 0 Å². The molecule has 0 unspecified atom stereocenters. The minimum Gasteiger partial charge on any atom is -0.309 e. The molecule has 0 atom stereocenters. The second kappa shape index (κ2) is 14.2. The van der Waals surface area contributed by atoms with Crippen LogP contribution in [0.2, 0.25) is 0 Å². The van der Waals surface area contributed by atoms with Crippen LogP contribution in [0.1, 0.15) is 0 Å². The standard InChI is InChI=1S/C57H35BN6S/c1-2-17-36(18-3-1)55-59-56(61-57(60-55)64-49-29-12-14-31-53(49)65-54-32-15-13-30-50(54)64)63-48-28-11-7-24-42(48)44-34-51-43(35-52(44)63)41-23-6-10-27-47(41)62(51)38-20-16-19-37(33-38)58-45-25-8-4-21-39(45)40-22-5-9-26-46(40)58/h1-35H. The third-order valence-corrected chi connectivity index (χ3v) is 14.4. The van der Waals surface area contributed by atoms with Gasteiger partial charge in [-0.25, -0.2) is 0 Å². The first-order chi connectivity index (χ1) is 32.2. The van der Waals surface area contributed by atoms with Crippen LogP contribution in [-0.2, 0) is 0 Å². The van der Waals surface area contributed by atoms with Crippen LogP contribution in [0, 0.1) is 0 Å². The molecule has 0 spiro atoms. The number of nitrogens with zero attached hydrogens (tertiary/aromatic N) is 6. The summed E-state index contributed by atoms with van der Waals surface area (Å²) in [6.07, 6.45) is 0. The average Bonchev–Trinajstić information content (AvgIpc) is 4.00. The Kier molecular flexibility index (Phi) is 7.91. The van der Waals surface area contributed by atoms with Crippen LogP contribution in [0.4, 0.5) is 17.3 Å². The van der Waals surface area contributed by atoms with E-state index in [4.69, 9.17) is 15.0 Å². The van der Waals surface area contributed by atoms with Crippen molar-refractivity contribution in [3.8, 4) is 34.2 Å². The predicted octanol–water partition coefficient (Wildman–Crippen LogP) is 12.2. The number of anilines is 3. The van der Waals surface area contributed by atoms with Gasteiger partial charge in [-0.1, -0.05) is 180 Å². The van der Waals surface area contributed by atoms with Crippen LogP contribution in [0.5, 0.6) is 0 Å². The second-order valence-electron chi connectivity index (χ2n) is 16.8. The second-order valence-corrected chi connectivity index (χ2v) is 17.9. The zero-order valence-corrected chi connectivity index (χ0v) is 35.7. The normalized spacial score (nSPS) is 12.8. The molecule has 0 bridgehead atoms. The molecular formula is C57H35BN6S. The highest BCUT2D eigenvalue weighted by Crippen LogP contribution is 2.51. The van der Waals surface area contributed by atoms with Gasteiger partial charge in [0.05, 0.1) is 33.4 Å². The van der Waals surface area contributed by atoms with Crippen molar-refractivity contribution >= 4 is 95.8 Å². The molecule has 0 aliphatic carbocycles. The van der Waals surface area contributed by atoms with Crippen LogP contribution < -0.4 is 21.3 Å². The van der Waals surface area contributed by atoms with Crippen molar-refractivity contribution in [1.29, 1.82) is 0 Å². The zero-order valence-electron chi connectivity index (χ0n) is 34.9. The van der Waals surface area contributed by atoms with Crippen molar-refractivity contribution in [2.24, 2.45) is 0 Å². The molecule has 2 aliphatic rings. The Hall–Kier alpha value is -8.20. The Labute approximate surface area is 379 Å². The molecule has 8 heteroatoms. The lowest BCUT2D eigenvalue weighted by Crippen LogP contribution is -2.48. The first kappa shape index (κ1) is 36.3. The van der Waals surface area contributed by atoms with Crippen molar-refractivity contribution in [2.75, 3.05) is 4.90 Å². The molecule has 6 nitrogen and oxygen atoms in total. The fourth-order valence-corrected chi connectivity index (χ4v) is 11.5. The Morgan fingerprint density at radius 3 is 1.60 bits per heavy atom. The molecule has 0 amide bonds. The van der Waals surface area contributed by atoms with Gasteiger partial charge in [-0.3, -0.25) is 9.47 Å². The molecule has 65 heavy (non-hydrogen) atoms. The van der Waals surface area contributed by atoms with E-state index in [1.165, 1.54) is 32.9 Å². The fourth-order valence-electron chi connectivity index (χ4n) is 10.5. The van der Waals surface area contributed by atoms with Gasteiger partial charge in [0.25, 0.3) is 0 Å². The highest BCUT2D eigenvalue weighted by molar-refractivity contribution is 7.99. The Balaban J connectivity index is 1.01. The molecule has 0 saturated carbocycles. The summed E-state index contributed by atoms with van der Waals surface area (Å²) in [6.45, 7) is 0.150. The third-order valence-electron chi connectivity index (χ3n) is 13.2. The highest BCUT2D eigenvalue weighted by atomic mass is 32.2.